The molecule has 0 bridgehead atoms. The summed E-state index contributed by atoms with van der Waals surface area (Å²) in [7, 11) is 0. The van der Waals surface area contributed by atoms with Gasteiger partial charge < -0.3 is 0 Å². The van der Waals surface area contributed by atoms with Gasteiger partial charge in [-0.3, -0.25) is 29.8 Å². The monoisotopic (exact) mass is 412 g/mol. The summed E-state index contributed by atoms with van der Waals surface area (Å²) in [5.41, 5.74) is 0. The molecule has 0 spiro atoms. The van der Waals surface area contributed by atoms with Crippen molar-refractivity contribution < 1.29 is 0 Å². The molecule has 2 aliphatic heterocycles. The third-order valence-corrected chi connectivity index (χ3v) is 5.68. The minimum absolute atomic E-state index is 0.825. The van der Waals surface area contributed by atoms with E-state index in [2.05, 4.69) is 61.8 Å². The Balaban J connectivity index is 1.09. The third kappa shape index (κ3) is 6.09. The highest BCUT2D eigenvalue weighted by atomic mass is 15.3. The SMILES string of the molecule is Cc1nc(CN2CCN(CC#CCN3CCN(Cc4n[nH]c(C)n4)CC3)CC2)n[nH]1. The van der Waals surface area contributed by atoms with Crippen molar-refractivity contribution in [2.75, 3.05) is 65.4 Å². The zero-order chi connectivity index (χ0) is 20.8. The van der Waals surface area contributed by atoms with E-state index in [-0.39, 0.29) is 0 Å². The normalized spacial score (nSPS) is 19.7. The molecule has 2 fully saturated rings. The molecule has 0 unspecified atom stereocenters. The average molecular weight is 413 g/mol. The molecule has 0 saturated carbocycles. The number of H-pyrrole nitrogens is 2. The first kappa shape index (κ1) is 20.9. The summed E-state index contributed by atoms with van der Waals surface area (Å²) in [5, 5.41) is 14.3. The molecule has 0 atom stereocenters. The molecule has 10 nitrogen and oxygen atoms in total. The highest BCUT2D eigenvalue weighted by Gasteiger charge is 2.18. The van der Waals surface area contributed by atoms with Gasteiger partial charge in [-0.1, -0.05) is 11.8 Å². The van der Waals surface area contributed by atoms with Gasteiger partial charge in [0, 0.05) is 52.4 Å². The van der Waals surface area contributed by atoms with Crippen LogP contribution in [0.4, 0.5) is 0 Å². The van der Waals surface area contributed by atoms with E-state index in [4.69, 9.17) is 0 Å². The van der Waals surface area contributed by atoms with Gasteiger partial charge in [-0.25, -0.2) is 9.97 Å². The van der Waals surface area contributed by atoms with E-state index in [9.17, 15) is 0 Å². The van der Waals surface area contributed by atoms with Crippen LogP contribution in [-0.2, 0) is 13.1 Å². The topological polar surface area (TPSA) is 96.1 Å². The molecule has 162 valence electrons. The maximum Gasteiger partial charge on any atom is 0.164 e. The maximum absolute atomic E-state index is 4.40. The molecule has 0 aliphatic carbocycles. The van der Waals surface area contributed by atoms with Crippen molar-refractivity contribution in [3.63, 3.8) is 0 Å². The zero-order valence-corrected chi connectivity index (χ0v) is 18.1. The number of rotatable bonds is 6. The zero-order valence-electron chi connectivity index (χ0n) is 18.1. The highest BCUT2D eigenvalue weighted by molar-refractivity contribution is 5.04. The van der Waals surface area contributed by atoms with Crippen LogP contribution in [0.3, 0.4) is 0 Å². The molecule has 0 aromatic carbocycles. The standard InChI is InChI=1S/C20H32N10/c1-17-21-19(25-23-17)15-29-11-7-27(8-12-29)5-3-4-6-28-9-13-30(14-10-28)16-20-22-18(2)24-26-20/h5-16H2,1-2H3,(H,21,23,25)(H,22,24,26). The van der Waals surface area contributed by atoms with Gasteiger partial charge >= 0.3 is 0 Å². The molecule has 0 radical (unpaired) electrons. The van der Waals surface area contributed by atoms with E-state index in [1.807, 2.05) is 13.8 Å². The van der Waals surface area contributed by atoms with E-state index in [0.29, 0.717) is 0 Å². The van der Waals surface area contributed by atoms with Crippen LogP contribution in [0.5, 0.6) is 0 Å². The maximum atomic E-state index is 4.40. The van der Waals surface area contributed by atoms with Crippen LogP contribution in [0, 0.1) is 25.7 Å². The summed E-state index contributed by atoms with van der Waals surface area (Å²) in [6.07, 6.45) is 0. The van der Waals surface area contributed by atoms with Crippen molar-refractivity contribution in [1.82, 2.24) is 50.0 Å². The summed E-state index contributed by atoms with van der Waals surface area (Å²) < 4.78 is 0. The van der Waals surface area contributed by atoms with E-state index < -0.39 is 0 Å². The van der Waals surface area contributed by atoms with Crippen LogP contribution < -0.4 is 0 Å². The Bertz CT molecular complexity index is 778. The van der Waals surface area contributed by atoms with Crippen LogP contribution in [0.25, 0.3) is 0 Å². The Kier molecular flexibility index (Phi) is 7.07. The van der Waals surface area contributed by atoms with Gasteiger partial charge in [-0.05, 0) is 13.8 Å². The Morgan fingerprint density at radius 1 is 0.633 bits per heavy atom. The Hall–Kier alpha value is -2.32. The van der Waals surface area contributed by atoms with Gasteiger partial charge in [0.1, 0.15) is 11.6 Å². The lowest BCUT2D eigenvalue weighted by molar-refractivity contribution is 0.134. The van der Waals surface area contributed by atoms with Gasteiger partial charge in [0.15, 0.2) is 11.6 Å². The van der Waals surface area contributed by atoms with E-state index >= 15 is 0 Å². The molecule has 2 saturated heterocycles. The lowest BCUT2D eigenvalue weighted by Crippen LogP contribution is -2.46. The minimum atomic E-state index is 0.825. The van der Waals surface area contributed by atoms with Crippen molar-refractivity contribution >= 4 is 0 Å². The quantitative estimate of drug-likeness (QED) is 0.612. The lowest BCUT2D eigenvalue weighted by atomic mass is 10.3. The summed E-state index contributed by atoms with van der Waals surface area (Å²) >= 11 is 0. The van der Waals surface area contributed by atoms with Crippen LogP contribution in [0.2, 0.25) is 0 Å². The van der Waals surface area contributed by atoms with Gasteiger partial charge in [0.2, 0.25) is 0 Å². The number of nitrogens with zero attached hydrogens (tertiary/aromatic N) is 8. The molecular weight excluding hydrogens is 380 g/mol. The Morgan fingerprint density at radius 3 is 1.33 bits per heavy atom. The van der Waals surface area contributed by atoms with Gasteiger partial charge in [-0.15, -0.1) is 0 Å². The molecule has 2 aliphatic rings. The molecule has 2 aromatic heterocycles. The van der Waals surface area contributed by atoms with Crippen molar-refractivity contribution in [3.05, 3.63) is 23.3 Å². The first-order chi connectivity index (χ1) is 14.6. The summed E-state index contributed by atoms with van der Waals surface area (Å²) in [5.74, 6) is 10.3. The number of nitrogens with one attached hydrogen (secondary N) is 2. The molecular formula is C20H32N10. The molecule has 4 rings (SSSR count). The predicted molar refractivity (Wildman–Crippen MR) is 113 cm³/mol. The van der Waals surface area contributed by atoms with Gasteiger partial charge in [0.05, 0.1) is 26.2 Å². The lowest BCUT2D eigenvalue weighted by Gasteiger charge is -2.33. The fourth-order valence-corrected chi connectivity index (χ4v) is 3.87. The Labute approximate surface area is 178 Å². The van der Waals surface area contributed by atoms with Crippen LogP contribution >= 0.6 is 0 Å². The molecule has 4 heterocycles. The fourth-order valence-electron chi connectivity index (χ4n) is 3.87. The van der Waals surface area contributed by atoms with Crippen LogP contribution in [0.15, 0.2) is 0 Å². The second kappa shape index (κ2) is 10.1. The van der Waals surface area contributed by atoms with Crippen molar-refractivity contribution in [2.45, 2.75) is 26.9 Å². The van der Waals surface area contributed by atoms with Crippen molar-refractivity contribution in [2.24, 2.45) is 0 Å². The second-order valence-corrected chi connectivity index (χ2v) is 8.13. The van der Waals surface area contributed by atoms with E-state index in [0.717, 1.165) is 102 Å². The molecule has 2 aromatic rings. The first-order valence-corrected chi connectivity index (χ1v) is 10.7. The number of piperazine rings is 2. The fraction of sp³-hybridized carbons (Fsp3) is 0.700. The number of aryl methyl sites for hydroxylation is 2. The predicted octanol–water partition coefficient (Wildman–Crippen LogP) is -0.522. The van der Waals surface area contributed by atoms with E-state index in [1.54, 1.807) is 0 Å². The van der Waals surface area contributed by atoms with Crippen molar-refractivity contribution in [3.8, 4) is 11.8 Å². The number of aromatic amines is 2. The third-order valence-electron chi connectivity index (χ3n) is 5.68. The van der Waals surface area contributed by atoms with E-state index in [1.165, 1.54) is 0 Å². The molecule has 30 heavy (non-hydrogen) atoms. The van der Waals surface area contributed by atoms with Crippen LogP contribution in [0.1, 0.15) is 23.3 Å². The smallest absolute Gasteiger partial charge is 0.164 e. The Morgan fingerprint density at radius 2 is 1.00 bits per heavy atom. The van der Waals surface area contributed by atoms with Gasteiger partial charge in [-0.2, -0.15) is 10.2 Å². The van der Waals surface area contributed by atoms with Crippen molar-refractivity contribution in [1.29, 1.82) is 0 Å². The van der Waals surface area contributed by atoms with Gasteiger partial charge in [0.25, 0.3) is 0 Å². The second-order valence-electron chi connectivity index (χ2n) is 8.13. The first-order valence-electron chi connectivity index (χ1n) is 10.7. The summed E-state index contributed by atoms with van der Waals surface area (Å²) in [4.78, 5) is 18.5. The number of hydrogen-bond acceptors (Lipinski definition) is 8. The summed E-state index contributed by atoms with van der Waals surface area (Å²) in [6, 6.07) is 0. The largest absolute Gasteiger partial charge is 0.293 e. The highest BCUT2D eigenvalue weighted by Crippen LogP contribution is 2.06. The average Bonchev–Trinajstić information content (AvgIpc) is 3.35. The summed E-state index contributed by atoms with van der Waals surface area (Å²) in [6.45, 7) is 15.6. The minimum Gasteiger partial charge on any atom is -0.293 e. The number of hydrogen-bond donors (Lipinski definition) is 2. The number of aromatic nitrogens is 6. The van der Waals surface area contributed by atoms with Crippen LogP contribution in [-0.4, -0.2) is 115 Å². The molecule has 2 N–H and O–H groups in total. The molecule has 10 heteroatoms. The molecule has 0 amide bonds.